The number of rotatable bonds is 1. The maximum atomic E-state index is 8.78. The molecule has 6 N–H and O–H groups in total. The molecule has 0 spiro atoms. The van der Waals surface area contributed by atoms with E-state index in [2.05, 4.69) is 16.3 Å². The molecule has 1 unspecified atom stereocenters. The molecule has 2 rings (SSSR count). The average Bonchev–Trinajstić information content (AvgIpc) is 2.63. The van der Waals surface area contributed by atoms with E-state index in [0.29, 0.717) is 0 Å². The molecule has 1 amide bonds. The zero-order valence-electron chi connectivity index (χ0n) is 11.1. The number of hydrazone groups is 1. The molecule has 7 nitrogen and oxygen atoms in total. The first-order valence-electron chi connectivity index (χ1n) is 5.79. The van der Waals surface area contributed by atoms with Crippen LogP contribution in [0.15, 0.2) is 35.4 Å². The van der Waals surface area contributed by atoms with E-state index >= 15 is 0 Å². The molecule has 0 radical (unpaired) electrons. The van der Waals surface area contributed by atoms with Gasteiger partial charge in [-0.25, -0.2) is 4.79 Å². The van der Waals surface area contributed by atoms with Crippen LogP contribution in [0.4, 0.5) is 10.5 Å². The number of amides is 1. The summed E-state index contributed by atoms with van der Waals surface area (Å²) in [4.78, 5) is 8.78. The van der Waals surface area contributed by atoms with Gasteiger partial charge in [0.25, 0.3) is 0 Å². The highest BCUT2D eigenvalue weighted by molar-refractivity contribution is 5.83. The quantitative estimate of drug-likeness (QED) is 0.526. The topological polar surface area (TPSA) is 128 Å². The van der Waals surface area contributed by atoms with Gasteiger partial charge in [0.05, 0.1) is 18.4 Å². The summed E-state index contributed by atoms with van der Waals surface area (Å²) in [5.74, 6) is 0. The van der Waals surface area contributed by atoms with Crippen molar-refractivity contribution < 1.29 is 20.1 Å². The summed E-state index contributed by atoms with van der Waals surface area (Å²) in [6.45, 7) is 1.39. The summed E-state index contributed by atoms with van der Waals surface area (Å²) >= 11 is 0. The fourth-order valence-corrected chi connectivity index (χ4v) is 1.04. The van der Waals surface area contributed by atoms with Gasteiger partial charge >= 0.3 is 6.09 Å². The summed E-state index contributed by atoms with van der Waals surface area (Å²) in [7, 11) is 0. The number of primary amides is 1. The van der Waals surface area contributed by atoms with Crippen molar-refractivity contribution in [2.24, 2.45) is 10.8 Å². The number of nitrogens with zero attached hydrogens (tertiary/aromatic N) is 1. The zero-order valence-corrected chi connectivity index (χ0v) is 11.1. The number of benzene rings is 1. The van der Waals surface area contributed by atoms with E-state index < -0.39 is 12.2 Å². The lowest BCUT2D eigenvalue weighted by Gasteiger charge is -2.00. The summed E-state index contributed by atoms with van der Waals surface area (Å²) in [6, 6.07) is 8.05. The van der Waals surface area contributed by atoms with E-state index in [1.165, 1.54) is 12.5 Å². The Hall–Kier alpha value is -2.38. The number of anilines is 1. The van der Waals surface area contributed by atoms with E-state index in [-0.39, 0.29) is 6.61 Å². The number of fused-ring (bicyclic) bond motifs is 1. The number of para-hydroxylation sites is 1. The molecule has 1 aliphatic heterocycles. The second-order valence-electron chi connectivity index (χ2n) is 3.71. The van der Waals surface area contributed by atoms with Crippen molar-refractivity contribution in [3.63, 3.8) is 0 Å². The number of nitrogens with two attached hydrogens (primary N) is 1. The van der Waals surface area contributed by atoms with E-state index in [4.69, 9.17) is 20.1 Å². The number of hydrogen-bond acceptors (Lipinski definition) is 5. The third kappa shape index (κ3) is 9.63. The Labute approximate surface area is 117 Å². The molecule has 0 bridgehead atoms. The standard InChI is InChI=1S/C9H8N2.C3H8O2.CH3NO2/c1-2-6-9-8(4-1)5-3-7-10-11-9;1-3(5)2-4;2-1(3)4/h1-7,11H;3-5H,2H2,1H3;2H2,(H,3,4). The molecule has 20 heavy (non-hydrogen) atoms. The van der Waals surface area contributed by atoms with Gasteiger partial charge in [-0.3, -0.25) is 5.43 Å². The van der Waals surface area contributed by atoms with Crippen LogP contribution in [-0.2, 0) is 0 Å². The molecule has 0 aromatic heterocycles. The molecule has 7 heteroatoms. The van der Waals surface area contributed by atoms with Crippen LogP contribution in [0.2, 0.25) is 0 Å². The molecule has 1 aromatic carbocycles. The number of allylic oxidation sites excluding steroid dienone is 1. The lowest BCUT2D eigenvalue weighted by atomic mass is 10.2. The van der Waals surface area contributed by atoms with Crippen molar-refractivity contribution in [1.29, 1.82) is 0 Å². The lowest BCUT2D eigenvalue weighted by Crippen LogP contribution is -2.03. The van der Waals surface area contributed by atoms with Crippen LogP contribution in [0.3, 0.4) is 0 Å². The van der Waals surface area contributed by atoms with Crippen molar-refractivity contribution in [1.82, 2.24) is 0 Å². The van der Waals surface area contributed by atoms with Crippen molar-refractivity contribution in [2.45, 2.75) is 13.0 Å². The second kappa shape index (κ2) is 10.5. The Balaban J connectivity index is 0.000000340. The highest BCUT2D eigenvalue weighted by Gasteiger charge is 1.96. The number of aliphatic hydroxyl groups excluding tert-OH is 2. The van der Waals surface area contributed by atoms with Gasteiger partial charge in [0, 0.05) is 6.21 Å². The summed E-state index contributed by atoms with van der Waals surface area (Å²) in [5, 5.41) is 27.1. The molecule has 0 saturated carbocycles. The predicted octanol–water partition coefficient (Wildman–Crippen LogP) is 1.09. The van der Waals surface area contributed by atoms with Crippen LogP contribution in [0, 0.1) is 0 Å². The van der Waals surface area contributed by atoms with Gasteiger partial charge < -0.3 is 21.1 Å². The van der Waals surface area contributed by atoms with E-state index in [0.717, 1.165) is 5.69 Å². The number of hydrogen-bond donors (Lipinski definition) is 5. The zero-order chi connectivity index (χ0) is 15.4. The number of aliphatic hydroxyl groups is 2. The Morgan fingerprint density at radius 2 is 2.00 bits per heavy atom. The minimum atomic E-state index is -1.33. The number of carbonyl (C=O) groups is 1. The third-order valence-electron chi connectivity index (χ3n) is 1.85. The van der Waals surface area contributed by atoms with E-state index in [1.807, 2.05) is 36.4 Å². The van der Waals surface area contributed by atoms with E-state index in [1.54, 1.807) is 6.21 Å². The maximum absolute atomic E-state index is 8.78. The molecular formula is C13H19N3O4. The highest BCUT2D eigenvalue weighted by atomic mass is 16.4. The normalized spacial score (nSPS) is 12.3. The molecular weight excluding hydrogens is 262 g/mol. The first-order valence-corrected chi connectivity index (χ1v) is 5.79. The van der Waals surface area contributed by atoms with Gasteiger partial charge in [0.15, 0.2) is 0 Å². The second-order valence-corrected chi connectivity index (χ2v) is 3.71. The first-order chi connectivity index (χ1) is 9.47. The Bertz CT molecular complexity index is 455. The van der Waals surface area contributed by atoms with Gasteiger partial charge in [-0.15, -0.1) is 0 Å². The van der Waals surface area contributed by atoms with Crippen molar-refractivity contribution in [3.8, 4) is 0 Å². The van der Waals surface area contributed by atoms with Gasteiger partial charge in [0.2, 0.25) is 0 Å². The average molecular weight is 281 g/mol. The smallest absolute Gasteiger partial charge is 0.402 e. The lowest BCUT2D eigenvalue weighted by molar-refractivity contribution is 0.110. The molecule has 1 heterocycles. The number of carboxylic acid groups (broad SMARTS) is 1. The van der Waals surface area contributed by atoms with Crippen LogP contribution < -0.4 is 11.2 Å². The summed E-state index contributed by atoms with van der Waals surface area (Å²) in [5.41, 5.74) is 9.18. The van der Waals surface area contributed by atoms with Gasteiger partial charge in [-0.2, -0.15) is 5.10 Å². The molecule has 1 atom stereocenters. The SMILES string of the molecule is C1=Cc2ccccc2NN=C1.CC(O)CO.NC(=O)O. The van der Waals surface area contributed by atoms with Crippen LogP contribution in [0.1, 0.15) is 12.5 Å². The molecule has 0 aliphatic carbocycles. The van der Waals surface area contributed by atoms with Crippen molar-refractivity contribution in [2.75, 3.05) is 12.0 Å². The third-order valence-corrected chi connectivity index (χ3v) is 1.85. The highest BCUT2D eigenvalue weighted by Crippen LogP contribution is 2.17. The number of nitrogens with one attached hydrogen (secondary N) is 1. The van der Waals surface area contributed by atoms with Gasteiger partial charge in [0.1, 0.15) is 0 Å². The summed E-state index contributed by atoms with van der Waals surface area (Å²) < 4.78 is 0. The molecule has 1 aliphatic rings. The fourth-order valence-electron chi connectivity index (χ4n) is 1.04. The minimum absolute atomic E-state index is 0.139. The van der Waals surface area contributed by atoms with Crippen LogP contribution in [-0.4, -0.2) is 40.3 Å². The van der Waals surface area contributed by atoms with Crippen LogP contribution in [0.25, 0.3) is 6.08 Å². The summed E-state index contributed by atoms with van der Waals surface area (Å²) in [6.07, 6.45) is 3.78. The fraction of sp³-hybridized carbons (Fsp3) is 0.231. The van der Waals surface area contributed by atoms with Crippen LogP contribution in [0.5, 0.6) is 0 Å². The predicted molar refractivity (Wildman–Crippen MR) is 78.6 cm³/mol. The minimum Gasteiger partial charge on any atom is -0.465 e. The van der Waals surface area contributed by atoms with Crippen LogP contribution >= 0.6 is 0 Å². The van der Waals surface area contributed by atoms with E-state index in [9.17, 15) is 0 Å². The molecule has 0 fully saturated rings. The van der Waals surface area contributed by atoms with Crippen molar-refractivity contribution in [3.05, 3.63) is 35.9 Å². The Morgan fingerprint density at radius 1 is 1.45 bits per heavy atom. The van der Waals surface area contributed by atoms with Crippen molar-refractivity contribution >= 4 is 24.1 Å². The molecule has 0 saturated heterocycles. The largest absolute Gasteiger partial charge is 0.465 e. The Kier molecular flexibility index (Phi) is 9.28. The first kappa shape index (κ1) is 17.6. The Morgan fingerprint density at radius 3 is 2.55 bits per heavy atom. The van der Waals surface area contributed by atoms with Gasteiger partial charge in [-0.05, 0) is 24.6 Å². The molecule has 110 valence electrons. The molecule has 1 aromatic rings. The van der Waals surface area contributed by atoms with Gasteiger partial charge in [-0.1, -0.05) is 24.3 Å². The monoisotopic (exact) mass is 281 g/mol. The maximum Gasteiger partial charge on any atom is 0.402 e.